The van der Waals surface area contributed by atoms with E-state index in [1.807, 2.05) is 29.2 Å². The van der Waals surface area contributed by atoms with E-state index in [-0.39, 0.29) is 11.1 Å². The zero-order valence-corrected chi connectivity index (χ0v) is 8.74. The van der Waals surface area contributed by atoms with Crippen LogP contribution >= 0.6 is 0 Å². The predicted molar refractivity (Wildman–Crippen MR) is 60.1 cm³/mol. The number of nitro groups is 1. The molecule has 0 unspecified atom stereocenters. The Morgan fingerprint density at radius 2 is 2.29 bits per heavy atom. The lowest BCUT2D eigenvalue weighted by atomic mass is 9.85. The Morgan fingerprint density at radius 3 is 3.12 bits per heavy atom. The van der Waals surface area contributed by atoms with E-state index in [4.69, 9.17) is 4.74 Å². The van der Waals surface area contributed by atoms with Gasteiger partial charge in [0.1, 0.15) is 0 Å². The molecule has 1 N–H and O–H groups in total. The van der Waals surface area contributed by atoms with E-state index < -0.39 is 11.8 Å². The van der Waals surface area contributed by atoms with Gasteiger partial charge in [0, 0.05) is 11.0 Å². The standard InChI is InChI=1S/C11H9N3O3/c15-14(16)11-5-6-17-10(11)13-8-4-2-1-3-7(8)12-9(11)13/h1-6,9-10,12H/t9-,10-,11-/m0/s1. The van der Waals surface area contributed by atoms with Gasteiger partial charge in [-0.25, -0.2) is 0 Å². The highest BCUT2D eigenvalue weighted by Crippen LogP contribution is 2.53. The van der Waals surface area contributed by atoms with E-state index in [9.17, 15) is 10.1 Å². The summed E-state index contributed by atoms with van der Waals surface area (Å²) >= 11 is 0. The van der Waals surface area contributed by atoms with Gasteiger partial charge < -0.3 is 15.0 Å². The summed E-state index contributed by atoms with van der Waals surface area (Å²) in [4.78, 5) is 12.9. The third-order valence-electron chi connectivity index (χ3n) is 3.70. The average Bonchev–Trinajstić information content (AvgIpc) is 2.82. The number of fused-ring (bicyclic) bond motifs is 6. The zero-order valence-electron chi connectivity index (χ0n) is 8.74. The van der Waals surface area contributed by atoms with Crippen LogP contribution in [0.1, 0.15) is 0 Å². The Kier molecular flexibility index (Phi) is 1.32. The van der Waals surface area contributed by atoms with E-state index in [0.717, 1.165) is 11.4 Å². The van der Waals surface area contributed by atoms with E-state index in [2.05, 4.69) is 5.32 Å². The van der Waals surface area contributed by atoms with Crippen LogP contribution in [0.15, 0.2) is 36.6 Å². The van der Waals surface area contributed by atoms with Gasteiger partial charge in [0.2, 0.25) is 0 Å². The molecule has 0 bridgehead atoms. The van der Waals surface area contributed by atoms with Gasteiger partial charge in [-0.3, -0.25) is 10.1 Å². The van der Waals surface area contributed by atoms with Crippen LogP contribution in [0.3, 0.4) is 0 Å². The largest absolute Gasteiger partial charge is 0.470 e. The van der Waals surface area contributed by atoms with Crippen LogP contribution in [-0.2, 0) is 4.74 Å². The molecule has 6 nitrogen and oxygen atoms in total. The Balaban J connectivity index is 1.83. The van der Waals surface area contributed by atoms with Crippen molar-refractivity contribution in [3.8, 4) is 0 Å². The molecule has 4 rings (SSSR count). The van der Waals surface area contributed by atoms with E-state index in [0.29, 0.717) is 0 Å². The SMILES string of the molecule is O=[N+]([O-])[C@]12C=CO[C@@H]1N1c3ccccc3N[C@@H]12. The molecular weight excluding hydrogens is 222 g/mol. The minimum atomic E-state index is -1.15. The molecule has 1 aromatic carbocycles. The average molecular weight is 231 g/mol. The first kappa shape index (κ1) is 8.86. The summed E-state index contributed by atoms with van der Waals surface area (Å²) in [5.41, 5.74) is 0.729. The summed E-state index contributed by atoms with van der Waals surface area (Å²) in [5, 5.41) is 14.5. The van der Waals surface area contributed by atoms with Crippen molar-refractivity contribution in [3.63, 3.8) is 0 Å². The first-order valence-electron chi connectivity index (χ1n) is 5.37. The number of nitrogens with one attached hydrogen (secondary N) is 1. The van der Waals surface area contributed by atoms with Gasteiger partial charge in [0.05, 0.1) is 17.6 Å². The molecule has 86 valence electrons. The number of anilines is 2. The molecule has 0 spiro atoms. The molecular formula is C11H9N3O3. The quantitative estimate of drug-likeness (QED) is 0.580. The molecule has 0 saturated carbocycles. The lowest BCUT2D eigenvalue weighted by Crippen LogP contribution is -2.78. The van der Waals surface area contributed by atoms with Gasteiger partial charge in [0.15, 0.2) is 6.17 Å². The van der Waals surface area contributed by atoms with Gasteiger partial charge >= 0.3 is 5.54 Å². The number of hydrogen-bond donors (Lipinski definition) is 1. The highest BCUT2D eigenvalue weighted by atomic mass is 16.6. The maximum absolute atomic E-state index is 11.3. The van der Waals surface area contributed by atoms with Crippen LogP contribution in [0, 0.1) is 10.1 Å². The fourth-order valence-corrected chi connectivity index (χ4v) is 2.87. The first-order valence-corrected chi connectivity index (χ1v) is 5.37. The predicted octanol–water partition coefficient (Wildman–Crippen LogP) is 1.14. The molecule has 3 aliphatic heterocycles. The number of para-hydroxylation sites is 2. The van der Waals surface area contributed by atoms with Crippen molar-refractivity contribution in [2.45, 2.75) is 17.9 Å². The van der Waals surface area contributed by atoms with Crippen molar-refractivity contribution in [2.24, 2.45) is 0 Å². The number of benzene rings is 1. The van der Waals surface area contributed by atoms with E-state index in [1.165, 1.54) is 12.3 Å². The van der Waals surface area contributed by atoms with Crippen LogP contribution in [0.2, 0.25) is 0 Å². The van der Waals surface area contributed by atoms with E-state index >= 15 is 0 Å². The highest BCUT2D eigenvalue weighted by molar-refractivity contribution is 5.80. The van der Waals surface area contributed by atoms with Crippen LogP contribution in [0.25, 0.3) is 0 Å². The van der Waals surface area contributed by atoms with Crippen LogP contribution in [0.4, 0.5) is 11.4 Å². The summed E-state index contributed by atoms with van der Waals surface area (Å²) in [6, 6.07) is 7.68. The summed E-state index contributed by atoms with van der Waals surface area (Å²) in [6.07, 6.45) is 2.09. The Bertz CT molecular complexity index is 559. The second-order valence-electron chi connectivity index (χ2n) is 4.41. The van der Waals surface area contributed by atoms with Gasteiger partial charge in [-0.05, 0) is 12.1 Å². The summed E-state index contributed by atoms with van der Waals surface area (Å²) in [6.45, 7) is 0. The second-order valence-corrected chi connectivity index (χ2v) is 4.41. The van der Waals surface area contributed by atoms with Crippen molar-refractivity contribution in [3.05, 3.63) is 46.7 Å². The Labute approximate surface area is 96.6 Å². The molecule has 0 aromatic heterocycles. The number of rotatable bonds is 1. The molecule has 0 radical (unpaired) electrons. The summed E-state index contributed by atoms with van der Waals surface area (Å²) < 4.78 is 5.35. The second kappa shape index (κ2) is 2.53. The third-order valence-corrected chi connectivity index (χ3v) is 3.70. The molecule has 17 heavy (non-hydrogen) atoms. The van der Waals surface area contributed by atoms with Crippen molar-refractivity contribution in [1.29, 1.82) is 0 Å². The molecule has 0 amide bonds. The van der Waals surface area contributed by atoms with Crippen molar-refractivity contribution >= 4 is 11.4 Å². The topological polar surface area (TPSA) is 67.6 Å². The molecule has 1 fully saturated rings. The fraction of sp³-hybridized carbons (Fsp3) is 0.273. The minimum absolute atomic E-state index is 0.263. The molecule has 1 aromatic rings. The maximum Gasteiger partial charge on any atom is 0.336 e. The molecule has 1 saturated heterocycles. The van der Waals surface area contributed by atoms with Gasteiger partial charge in [-0.1, -0.05) is 12.1 Å². The van der Waals surface area contributed by atoms with Crippen LogP contribution in [-0.4, -0.2) is 22.9 Å². The normalized spacial score (nSPS) is 35.2. The number of hydrogen-bond acceptors (Lipinski definition) is 5. The monoisotopic (exact) mass is 231 g/mol. The van der Waals surface area contributed by atoms with Crippen molar-refractivity contribution < 1.29 is 9.66 Å². The Hall–Kier alpha value is -2.24. The number of nitrogens with zero attached hydrogens (tertiary/aromatic N) is 2. The number of ether oxygens (including phenoxy) is 1. The maximum atomic E-state index is 11.3. The van der Waals surface area contributed by atoms with Gasteiger partial charge in [-0.2, -0.15) is 0 Å². The minimum Gasteiger partial charge on any atom is -0.470 e. The van der Waals surface area contributed by atoms with Crippen molar-refractivity contribution in [1.82, 2.24) is 0 Å². The lowest BCUT2D eigenvalue weighted by Gasteiger charge is -2.48. The molecule has 3 heterocycles. The van der Waals surface area contributed by atoms with Crippen LogP contribution < -0.4 is 10.2 Å². The highest BCUT2D eigenvalue weighted by Gasteiger charge is 2.75. The molecule has 6 heteroatoms. The van der Waals surface area contributed by atoms with Crippen molar-refractivity contribution in [2.75, 3.05) is 10.2 Å². The fourth-order valence-electron chi connectivity index (χ4n) is 2.87. The smallest absolute Gasteiger partial charge is 0.336 e. The molecule has 3 aliphatic rings. The molecule has 0 aliphatic carbocycles. The van der Waals surface area contributed by atoms with E-state index in [1.54, 1.807) is 0 Å². The third kappa shape index (κ3) is 0.769. The van der Waals surface area contributed by atoms with Gasteiger partial charge in [0.25, 0.3) is 6.23 Å². The first-order chi connectivity index (χ1) is 8.25. The Morgan fingerprint density at radius 1 is 1.47 bits per heavy atom. The van der Waals surface area contributed by atoms with Gasteiger partial charge in [-0.15, -0.1) is 0 Å². The molecule has 3 atom stereocenters. The lowest BCUT2D eigenvalue weighted by molar-refractivity contribution is -0.580. The zero-order chi connectivity index (χ0) is 11.6. The summed E-state index contributed by atoms with van der Waals surface area (Å²) in [7, 11) is 0. The summed E-state index contributed by atoms with van der Waals surface area (Å²) in [5.74, 6) is 0. The van der Waals surface area contributed by atoms with Crippen LogP contribution in [0.5, 0.6) is 0 Å².